The second-order valence-electron chi connectivity index (χ2n) is 6.49. The zero-order valence-electron chi connectivity index (χ0n) is 15.3. The summed E-state index contributed by atoms with van der Waals surface area (Å²) in [5.41, 5.74) is 2.87. The van der Waals surface area contributed by atoms with E-state index in [0.29, 0.717) is 40.8 Å². The lowest BCUT2D eigenvalue weighted by molar-refractivity contribution is 0.0695. The van der Waals surface area contributed by atoms with Gasteiger partial charge in [-0.2, -0.15) is 5.26 Å². The van der Waals surface area contributed by atoms with Gasteiger partial charge in [0.25, 0.3) is 5.56 Å². The van der Waals surface area contributed by atoms with Crippen molar-refractivity contribution >= 4 is 17.0 Å². The number of nitriles is 1. The summed E-state index contributed by atoms with van der Waals surface area (Å²) in [6, 6.07) is 18.3. The quantitative estimate of drug-likeness (QED) is 0.549. The first kappa shape index (κ1) is 18.2. The van der Waals surface area contributed by atoms with Crippen LogP contribution in [0.25, 0.3) is 22.3 Å². The van der Waals surface area contributed by atoms with Crippen LogP contribution in [0.3, 0.4) is 0 Å². The van der Waals surface area contributed by atoms with Crippen molar-refractivity contribution in [2.24, 2.45) is 0 Å². The standard InChI is InChI=1S/C22H16N4O3/c23-12-17-18-20(21(27)25-13-24-18)26(19(17)15-7-2-1-3-8-15)11-10-14-6-4-5-9-16(14)22(28)29/h1-9,13H,10-11H2,(H,28,29)(H,24,25,27). The summed E-state index contributed by atoms with van der Waals surface area (Å²) in [5.74, 6) is -1.00. The topological polar surface area (TPSA) is 112 Å². The van der Waals surface area contributed by atoms with Gasteiger partial charge in [0.15, 0.2) is 0 Å². The number of aryl methyl sites for hydroxylation is 2. The largest absolute Gasteiger partial charge is 0.478 e. The highest BCUT2D eigenvalue weighted by Crippen LogP contribution is 2.31. The fourth-order valence-electron chi connectivity index (χ4n) is 3.59. The number of carboxylic acids is 1. The number of carboxylic acid groups (broad SMARTS) is 1. The molecule has 7 nitrogen and oxygen atoms in total. The summed E-state index contributed by atoms with van der Waals surface area (Å²) < 4.78 is 1.76. The van der Waals surface area contributed by atoms with Crippen LogP contribution in [0.15, 0.2) is 65.7 Å². The minimum absolute atomic E-state index is 0.220. The molecule has 0 saturated carbocycles. The SMILES string of the molecule is N#Cc1c(-c2ccccc2)n(CCc2ccccc2C(=O)O)c2c(=O)[nH]cnc12. The first-order chi connectivity index (χ1) is 14.1. The number of aromatic amines is 1. The van der Waals surface area contributed by atoms with Crippen molar-refractivity contribution in [3.05, 3.63) is 88.0 Å². The van der Waals surface area contributed by atoms with Gasteiger partial charge in [0.05, 0.1) is 17.6 Å². The van der Waals surface area contributed by atoms with Crippen molar-refractivity contribution in [2.75, 3.05) is 0 Å². The Morgan fingerprint density at radius 1 is 1.14 bits per heavy atom. The molecule has 142 valence electrons. The van der Waals surface area contributed by atoms with Gasteiger partial charge < -0.3 is 14.7 Å². The molecule has 0 unspecified atom stereocenters. The maximum Gasteiger partial charge on any atom is 0.335 e. The highest BCUT2D eigenvalue weighted by Gasteiger charge is 2.22. The summed E-state index contributed by atoms with van der Waals surface area (Å²) >= 11 is 0. The van der Waals surface area contributed by atoms with E-state index in [0.717, 1.165) is 5.56 Å². The number of hydrogen-bond acceptors (Lipinski definition) is 4. The van der Waals surface area contributed by atoms with Crippen LogP contribution >= 0.6 is 0 Å². The minimum atomic E-state index is -1.00. The second-order valence-corrected chi connectivity index (χ2v) is 6.49. The van der Waals surface area contributed by atoms with Gasteiger partial charge in [0, 0.05) is 6.54 Å². The van der Waals surface area contributed by atoms with Gasteiger partial charge in [-0.05, 0) is 23.6 Å². The average Bonchev–Trinajstić information content (AvgIpc) is 3.07. The van der Waals surface area contributed by atoms with E-state index in [2.05, 4.69) is 16.0 Å². The van der Waals surface area contributed by atoms with Gasteiger partial charge in [-0.15, -0.1) is 0 Å². The maximum atomic E-state index is 12.6. The first-order valence-electron chi connectivity index (χ1n) is 8.98. The first-order valence-corrected chi connectivity index (χ1v) is 8.98. The number of nitrogens with one attached hydrogen (secondary N) is 1. The number of nitrogens with zero attached hydrogens (tertiary/aromatic N) is 3. The Hall–Kier alpha value is -4.18. The molecule has 29 heavy (non-hydrogen) atoms. The predicted molar refractivity (Wildman–Crippen MR) is 108 cm³/mol. The molecule has 0 aliphatic carbocycles. The van der Waals surface area contributed by atoms with Gasteiger partial charge in [-0.3, -0.25) is 4.79 Å². The summed E-state index contributed by atoms with van der Waals surface area (Å²) in [6.45, 7) is 0.321. The summed E-state index contributed by atoms with van der Waals surface area (Å²) in [4.78, 5) is 30.9. The van der Waals surface area contributed by atoms with Crippen LogP contribution in [0.4, 0.5) is 0 Å². The van der Waals surface area contributed by atoms with E-state index < -0.39 is 5.97 Å². The molecular formula is C22H16N4O3. The third-order valence-electron chi connectivity index (χ3n) is 4.85. The lowest BCUT2D eigenvalue weighted by Gasteiger charge is -2.12. The Morgan fingerprint density at radius 3 is 2.59 bits per heavy atom. The highest BCUT2D eigenvalue weighted by molar-refractivity contribution is 5.91. The van der Waals surface area contributed by atoms with Crippen LogP contribution in [0, 0.1) is 11.3 Å². The molecule has 0 spiro atoms. The number of aromatic nitrogens is 3. The highest BCUT2D eigenvalue weighted by atomic mass is 16.4. The van der Waals surface area contributed by atoms with E-state index in [9.17, 15) is 20.0 Å². The van der Waals surface area contributed by atoms with E-state index in [4.69, 9.17) is 0 Å². The number of benzene rings is 2. The Balaban J connectivity index is 1.91. The molecule has 0 bridgehead atoms. The van der Waals surface area contributed by atoms with Crippen LogP contribution in [-0.4, -0.2) is 25.6 Å². The molecule has 2 aromatic heterocycles. The third kappa shape index (κ3) is 3.17. The molecule has 0 atom stereocenters. The van der Waals surface area contributed by atoms with Crippen LogP contribution in [0.5, 0.6) is 0 Å². The zero-order valence-corrected chi connectivity index (χ0v) is 15.3. The van der Waals surface area contributed by atoms with Gasteiger partial charge in [0.2, 0.25) is 0 Å². The third-order valence-corrected chi connectivity index (χ3v) is 4.85. The number of hydrogen-bond donors (Lipinski definition) is 2. The smallest absolute Gasteiger partial charge is 0.335 e. The Labute approximate surface area is 165 Å². The van der Waals surface area contributed by atoms with Crippen molar-refractivity contribution in [2.45, 2.75) is 13.0 Å². The van der Waals surface area contributed by atoms with E-state index in [1.807, 2.05) is 30.3 Å². The molecule has 0 fully saturated rings. The van der Waals surface area contributed by atoms with E-state index in [-0.39, 0.29) is 11.1 Å². The number of H-pyrrole nitrogens is 1. The zero-order chi connectivity index (χ0) is 20.4. The van der Waals surface area contributed by atoms with Gasteiger partial charge >= 0.3 is 5.97 Å². The number of rotatable bonds is 5. The minimum Gasteiger partial charge on any atom is -0.478 e. The molecule has 2 N–H and O–H groups in total. The Kier molecular flexibility index (Phi) is 4.67. The number of aromatic carboxylic acids is 1. The maximum absolute atomic E-state index is 12.6. The van der Waals surface area contributed by atoms with Crippen molar-refractivity contribution < 1.29 is 9.90 Å². The van der Waals surface area contributed by atoms with E-state index >= 15 is 0 Å². The van der Waals surface area contributed by atoms with Crippen LogP contribution in [0.2, 0.25) is 0 Å². The molecule has 2 aromatic carbocycles. The van der Waals surface area contributed by atoms with Crippen molar-refractivity contribution in [1.82, 2.24) is 14.5 Å². The van der Waals surface area contributed by atoms with Gasteiger partial charge in [-0.25, -0.2) is 9.78 Å². The summed E-state index contributed by atoms with van der Waals surface area (Å²) in [5, 5.41) is 19.2. The van der Waals surface area contributed by atoms with E-state index in [1.165, 1.54) is 6.33 Å². The molecule has 0 radical (unpaired) electrons. The molecule has 4 rings (SSSR count). The molecule has 0 saturated heterocycles. The fourth-order valence-corrected chi connectivity index (χ4v) is 3.59. The molecule has 7 heteroatoms. The molecule has 0 aliphatic rings. The van der Waals surface area contributed by atoms with Gasteiger partial charge in [0.1, 0.15) is 22.7 Å². The van der Waals surface area contributed by atoms with Crippen LogP contribution in [0.1, 0.15) is 21.5 Å². The molecule has 4 aromatic rings. The fraction of sp³-hybridized carbons (Fsp3) is 0.0909. The van der Waals surface area contributed by atoms with Crippen LogP contribution < -0.4 is 5.56 Å². The monoisotopic (exact) mass is 384 g/mol. The Morgan fingerprint density at radius 2 is 1.86 bits per heavy atom. The second kappa shape index (κ2) is 7.44. The molecule has 0 amide bonds. The molecule has 2 heterocycles. The summed E-state index contributed by atoms with van der Waals surface area (Å²) in [7, 11) is 0. The Bertz CT molecular complexity index is 1310. The normalized spacial score (nSPS) is 10.7. The van der Waals surface area contributed by atoms with Gasteiger partial charge in [-0.1, -0.05) is 48.5 Å². The number of carbonyl (C=O) groups is 1. The molecular weight excluding hydrogens is 368 g/mol. The number of fused-ring (bicyclic) bond motifs is 1. The average molecular weight is 384 g/mol. The molecule has 0 aliphatic heterocycles. The lowest BCUT2D eigenvalue weighted by atomic mass is 10.0. The van der Waals surface area contributed by atoms with Crippen molar-refractivity contribution in [1.29, 1.82) is 5.26 Å². The summed E-state index contributed by atoms with van der Waals surface area (Å²) in [6.07, 6.45) is 1.66. The van der Waals surface area contributed by atoms with Crippen LogP contribution in [-0.2, 0) is 13.0 Å². The lowest BCUT2D eigenvalue weighted by Crippen LogP contribution is -2.14. The van der Waals surface area contributed by atoms with Crippen molar-refractivity contribution in [3.8, 4) is 17.3 Å². The van der Waals surface area contributed by atoms with Crippen molar-refractivity contribution in [3.63, 3.8) is 0 Å². The predicted octanol–water partition coefficient (Wildman–Crippen LogP) is 3.20. The van der Waals surface area contributed by atoms with E-state index in [1.54, 1.807) is 28.8 Å².